The maximum atomic E-state index is 4.88. The fraction of sp³-hybridized carbons (Fsp3) is 0.786. The summed E-state index contributed by atoms with van der Waals surface area (Å²) in [4.78, 5) is 0.923. The SMILES string of the molecule is CCCC1(c2nn3c(C(C)(C)C)nnc3s2)CCNC1. The maximum Gasteiger partial charge on any atom is 0.234 e. The molecule has 6 heteroatoms. The van der Waals surface area contributed by atoms with Crippen LogP contribution in [0.4, 0.5) is 0 Å². The molecular weight excluding hydrogens is 270 g/mol. The summed E-state index contributed by atoms with van der Waals surface area (Å²) in [6.07, 6.45) is 3.55. The van der Waals surface area contributed by atoms with E-state index in [-0.39, 0.29) is 10.8 Å². The topological polar surface area (TPSA) is 55.1 Å². The van der Waals surface area contributed by atoms with Crippen LogP contribution in [-0.2, 0) is 10.8 Å². The first-order chi connectivity index (χ1) is 9.46. The molecule has 5 nitrogen and oxygen atoms in total. The van der Waals surface area contributed by atoms with Gasteiger partial charge in [0, 0.05) is 17.4 Å². The van der Waals surface area contributed by atoms with Gasteiger partial charge >= 0.3 is 0 Å². The molecule has 0 aliphatic carbocycles. The molecule has 0 radical (unpaired) electrons. The molecule has 110 valence electrons. The molecule has 1 aliphatic rings. The molecule has 2 aromatic heterocycles. The lowest BCUT2D eigenvalue weighted by Gasteiger charge is -2.24. The first-order valence-corrected chi connectivity index (χ1v) is 8.22. The van der Waals surface area contributed by atoms with Crippen LogP contribution in [0.5, 0.6) is 0 Å². The van der Waals surface area contributed by atoms with Crippen molar-refractivity contribution in [3.8, 4) is 0 Å². The van der Waals surface area contributed by atoms with Gasteiger partial charge in [0.1, 0.15) is 5.01 Å². The molecule has 1 atom stereocenters. The van der Waals surface area contributed by atoms with E-state index in [0.29, 0.717) is 0 Å². The Morgan fingerprint density at radius 3 is 2.75 bits per heavy atom. The molecule has 1 unspecified atom stereocenters. The highest BCUT2D eigenvalue weighted by Crippen LogP contribution is 2.38. The second-order valence-electron chi connectivity index (χ2n) is 6.83. The Bertz CT molecular complexity index is 601. The van der Waals surface area contributed by atoms with Gasteiger partial charge in [-0.2, -0.15) is 9.61 Å². The van der Waals surface area contributed by atoms with Gasteiger partial charge in [0.15, 0.2) is 5.82 Å². The van der Waals surface area contributed by atoms with Crippen LogP contribution in [0, 0.1) is 0 Å². The maximum absolute atomic E-state index is 4.88. The highest BCUT2D eigenvalue weighted by molar-refractivity contribution is 7.16. The zero-order chi connectivity index (χ0) is 14.4. The van der Waals surface area contributed by atoms with E-state index in [1.165, 1.54) is 24.3 Å². The summed E-state index contributed by atoms with van der Waals surface area (Å²) in [7, 11) is 0. The Labute approximate surface area is 123 Å². The van der Waals surface area contributed by atoms with Crippen LogP contribution in [0.2, 0.25) is 0 Å². The summed E-state index contributed by atoms with van der Waals surface area (Å²) in [5.41, 5.74) is 0.172. The minimum atomic E-state index is -0.0311. The number of nitrogens with one attached hydrogen (secondary N) is 1. The second kappa shape index (κ2) is 4.77. The van der Waals surface area contributed by atoms with E-state index < -0.39 is 0 Å². The minimum absolute atomic E-state index is 0.0311. The Morgan fingerprint density at radius 2 is 2.15 bits per heavy atom. The standard InChI is InChI=1S/C14H23N5S/c1-5-6-14(7-8-15-9-14)11-18-19-10(13(2,3)4)16-17-12(19)20-11/h15H,5-9H2,1-4H3. The Kier molecular flexibility index (Phi) is 3.33. The van der Waals surface area contributed by atoms with Crippen molar-refractivity contribution in [2.45, 2.75) is 57.8 Å². The summed E-state index contributed by atoms with van der Waals surface area (Å²) in [6.45, 7) is 10.8. The fourth-order valence-electron chi connectivity index (χ4n) is 3.02. The van der Waals surface area contributed by atoms with E-state index in [1.807, 2.05) is 4.52 Å². The van der Waals surface area contributed by atoms with Crippen molar-refractivity contribution < 1.29 is 0 Å². The van der Waals surface area contributed by atoms with Gasteiger partial charge in [-0.05, 0) is 19.4 Å². The number of nitrogens with zero attached hydrogens (tertiary/aromatic N) is 4. The second-order valence-corrected chi connectivity index (χ2v) is 7.79. The summed E-state index contributed by atoms with van der Waals surface area (Å²) in [6, 6.07) is 0. The molecule has 1 fully saturated rings. The van der Waals surface area contributed by atoms with E-state index in [0.717, 1.165) is 23.9 Å². The normalized spacial score (nSPS) is 23.8. The van der Waals surface area contributed by atoms with E-state index in [4.69, 9.17) is 5.10 Å². The Morgan fingerprint density at radius 1 is 1.35 bits per heavy atom. The summed E-state index contributed by atoms with van der Waals surface area (Å²) < 4.78 is 1.95. The van der Waals surface area contributed by atoms with Gasteiger partial charge in [-0.3, -0.25) is 0 Å². The molecule has 0 bridgehead atoms. The predicted octanol–water partition coefficient (Wildman–Crippen LogP) is 2.51. The van der Waals surface area contributed by atoms with Gasteiger partial charge in [-0.1, -0.05) is 45.5 Å². The third-order valence-corrected chi connectivity index (χ3v) is 5.23. The van der Waals surface area contributed by atoms with Gasteiger partial charge < -0.3 is 5.32 Å². The summed E-state index contributed by atoms with van der Waals surface area (Å²) in [5, 5.41) is 18.2. The summed E-state index contributed by atoms with van der Waals surface area (Å²) in [5.74, 6) is 0.951. The number of aromatic nitrogens is 4. The molecule has 3 rings (SSSR count). The third kappa shape index (κ3) is 2.15. The molecule has 0 saturated carbocycles. The van der Waals surface area contributed by atoms with Crippen LogP contribution in [0.1, 0.15) is 57.8 Å². The van der Waals surface area contributed by atoms with Gasteiger partial charge in [-0.25, -0.2) is 0 Å². The highest BCUT2D eigenvalue weighted by atomic mass is 32.1. The van der Waals surface area contributed by atoms with Crippen LogP contribution in [0.3, 0.4) is 0 Å². The van der Waals surface area contributed by atoms with Gasteiger partial charge in [-0.15, -0.1) is 10.2 Å². The quantitative estimate of drug-likeness (QED) is 0.945. The molecular formula is C14H23N5S. The Balaban J connectivity index is 2.06. The molecule has 2 aromatic rings. The van der Waals surface area contributed by atoms with Gasteiger partial charge in [0.2, 0.25) is 4.96 Å². The molecule has 3 heterocycles. The third-order valence-electron chi connectivity index (χ3n) is 4.09. The lowest BCUT2D eigenvalue weighted by atomic mass is 9.83. The van der Waals surface area contributed by atoms with Crippen LogP contribution in [0.15, 0.2) is 0 Å². The smallest absolute Gasteiger partial charge is 0.234 e. The fourth-order valence-corrected chi connectivity index (χ4v) is 4.11. The van der Waals surface area contributed by atoms with Crippen molar-refractivity contribution in [2.24, 2.45) is 0 Å². The zero-order valence-corrected chi connectivity index (χ0v) is 13.5. The first kappa shape index (κ1) is 13.9. The minimum Gasteiger partial charge on any atom is -0.316 e. The summed E-state index contributed by atoms with van der Waals surface area (Å²) >= 11 is 1.71. The van der Waals surface area contributed by atoms with Crippen molar-refractivity contribution in [1.29, 1.82) is 0 Å². The monoisotopic (exact) mass is 293 g/mol. The van der Waals surface area contributed by atoms with E-state index >= 15 is 0 Å². The Hall–Kier alpha value is -1.01. The molecule has 1 aliphatic heterocycles. The van der Waals surface area contributed by atoms with E-state index in [9.17, 15) is 0 Å². The van der Waals surface area contributed by atoms with E-state index in [2.05, 4.69) is 43.2 Å². The molecule has 0 amide bonds. The van der Waals surface area contributed by atoms with Crippen molar-refractivity contribution in [3.05, 3.63) is 10.8 Å². The van der Waals surface area contributed by atoms with Crippen molar-refractivity contribution >= 4 is 16.3 Å². The number of hydrogen-bond donors (Lipinski definition) is 1. The van der Waals surface area contributed by atoms with Gasteiger partial charge in [0.05, 0.1) is 0 Å². The van der Waals surface area contributed by atoms with Crippen molar-refractivity contribution in [2.75, 3.05) is 13.1 Å². The van der Waals surface area contributed by atoms with Crippen LogP contribution in [0.25, 0.3) is 4.96 Å². The number of hydrogen-bond acceptors (Lipinski definition) is 5. The first-order valence-electron chi connectivity index (χ1n) is 7.40. The largest absolute Gasteiger partial charge is 0.316 e. The highest BCUT2D eigenvalue weighted by Gasteiger charge is 2.39. The zero-order valence-electron chi connectivity index (χ0n) is 12.7. The predicted molar refractivity (Wildman–Crippen MR) is 81.4 cm³/mol. The average Bonchev–Trinajstić information content (AvgIpc) is 3.00. The lowest BCUT2D eigenvalue weighted by molar-refractivity contribution is 0.418. The molecule has 1 N–H and O–H groups in total. The van der Waals surface area contributed by atoms with Crippen LogP contribution < -0.4 is 5.32 Å². The van der Waals surface area contributed by atoms with Crippen LogP contribution >= 0.6 is 11.3 Å². The van der Waals surface area contributed by atoms with Crippen molar-refractivity contribution in [1.82, 2.24) is 25.1 Å². The number of fused-ring (bicyclic) bond motifs is 1. The molecule has 0 spiro atoms. The van der Waals surface area contributed by atoms with Crippen molar-refractivity contribution in [3.63, 3.8) is 0 Å². The molecule has 20 heavy (non-hydrogen) atoms. The average molecular weight is 293 g/mol. The lowest BCUT2D eigenvalue weighted by Crippen LogP contribution is -2.29. The van der Waals surface area contributed by atoms with E-state index in [1.54, 1.807) is 11.3 Å². The van der Waals surface area contributed by atoms with Crippen LogP contribution in [-0.4, -0.2) is 32.9 Å². The molecule has 1 saturated heterocycles. The molecule has 0 aromatic carbocycles. The number of rotatable bonds is 3. The van der Waals surface area contributed by atoms with Gasteiger partial charge in [0.25, 0.3) is 0 Å².